The fourth-order valence-corrected chi connectivity index (χ4v) is 3.40. The molecular weight excluding hydrogens is 338 g/mol. The van der Waals surface area contributed by atoms with Gasteiger partial charge in [-0.05, 0) is 44.1 Å². The molecule has 1 fully saturated rings. The number of nitrogens with zero attached hydrogens (tertiary/aromatic N) is 2. The topological polar surface area (TPSA) is 67.3 Å². The van der Waals surface area contributed by atoms with Gasteiger partial charge in [0, 0.05) is 25.0 Å². The molecule has 6 nitrogen and oxygen atoms in total. The van der Waals surface area contributed by atoms with E-state index in [-0.39, 0.29) is 17.8 Å². The maximum atomic E-state index is 13.0. The van der Waals surface area contributed by atoms with Crippen molar-refractivity contribution < 1.29 is 14.3 Å². The van der Waals surface area contributed by atoms with Gasteiger partial charge in [0.05, 0.1) is 12.5 Å². The molecule has 25 heavy (non-hydrogen) atoms. The number of piperidine rings is 1. The fourth-order valence-electron chi connectivity index (χ4n) is 3.14. The monoisotopic (exact) mass is 359 g/mol. The molecule has 1 aliphatic rings. The van der Waals surface area contributed by atoms with Crippen LogP contribution in [0.5, 0.6) is 0 Å². The summed E-state index contributed by atoms with van der Waals surface area (Å²) < 4.78 is 7.30. The minimum Gasteiger partial charge on any atom is -0.466 e. The third kappa shape index (κ3) is 3.66. The SMILES string of the molecule is CCOC(=O)C1CCCN(C(=O)c2c[nH]c(=S)n2-c2ccccc2)C1. The average Bonchev–Trinajstić information content (AvgIpc) is 3.03. The number of carbonyl (C=O) groups is 2. The number of amides is 1. The van der Waals surface area contributed by atoms with Crippen molar-refractivity contribution in [2.45, 2.75) is 19.8 Å². The van der Waals surface area contributed by atoms with E-state index in [1.165, 1.54) is 0 Å². The molecule has 1 saturated heterocycles. The molecule has 1 unspecified atom stereocenters. The standard InChI is InChI=1S/C18H21N3O3S/c1-2-24-17(23)13-7-6-10-20(12-13)16(22)15-11-19-18(25)21(15)14-8-4-3-5-9-14/h3-5,8-9,11,13H,2,6-7,10,12H2,1H3,(H,19,25). The molecule has 1 aliphatic heterocycles. The van der Waals surface area contributed by atoms with E-state index < -0.39 is 0 Å². The van der Waals surface area contributed by atoms with Gasteiger partial charge in [0.15, 0.2) is 4.77 Å². The molecule has 0 saturated carbocycles. The third-order valence-corrected chi connectivity index (χ3v) is 4.64. The zero-order chi connectivity index (χ0) is 17.8. The van der Waals surface area contributed by atoms with Crippen LogP contribution in [0.25, 0.3) is 5.69 Å². The summed E-state index contributed by atoms with van der Waals surface area (Å²) in [6.45, 7) is 3.15. The molecule has 0 spiro atoms. The van der Waals surface area contributed by atoms with E-state index in [4.69, 9.17) is 17.0 Å². The Labute approximate surface area is 151 Å². The van der Waals surface area contributed by atoms with Gasteiger partial charge in [-0.3, -0.25) is 14.2 Å². The van der Waals surface area contributed by atoms with Crippen molar-refractivity contribution in [3.8, 4) is 5.69 Å². The van der Waals surface area contributed by atoms with E-state index in [2.05, 4.69) is 4.98 Å². The highest BCUT2D eigenvalue weighted by atomic mass is 32.1. The minimum absolute atomic E-state index is 0.134. The molecule has 0 radical (unpaired) electrons. The number of carbonyl (C=O) groups excluding carboxylic acids is 2. The summed E-state index contributed by atoms with van der Waals surface area (Å²) in [5.74, 6) is -0.621. The normalized spacial score (nSPS) is 17.3. The smallest absolute Gasteiger partial charge is 0.310 e. The number of benzene rings is 1. The number of hydrogen-bond acceptors (Lipinski definition) is 4. The Hall–Kier alpha value is -2.41. The van der Waals surface area contributed by atoms with Crippen LogP contribution in [0.3, 0.4) is 0 Å². The maximum Gasteiger partial charge on any atom is 0.310 e. The number of para-hydroxylation sites is 1. The third-order valence-electron chi connectivity index (χ3n) is 4.34. The zero-order valence-corrected chi connectivity index (χ0v) is 14.9. The molecule has 0 bridgehead atoms. The van der Waals surface area contributed by atoms with Gasteiger partial charge in [0.25, 0.3) is 5.91 Å². The first kappa shape index (κ1) is 17.4. The number of aromatic amines is 1. The van der Waals surface area contributed by atoms with E-state index in [1.807, 2.05) is 30.3 Å². The Morgan fingerprint density at radius 2 is 2.08 bits per heavy atom. The number of rotatable bonds is 4. The van der Waals surface area contributed by atoms with Crippen molar-refractivity contribution in [3.63, 3.8) is 0 Å². The van der Waals surface area contributed by atoms with E-state index in [9.17, 15) is 9.59 Å². The Bertz CT molecular complexity index is 812. The second-order valence-corrected chi connectivity index (χ2v) is 6.38. The van der Waals surface area contributed by atoms with Crippen LogP contribution in [0, 0.1) is 10.7 Å². The summed E-state index contributed by atoms with van der Waals surface area (Å²) in [5, 5.41) is 0. The Morgan fingerprint density at radius 1 is 1.32 bits per heavy atom. The van der Waals surface area contributed by atoms with Crippen LogP contribution >= 0.6 is 12.2 Å². The van der Waals surface area contributed by atoms with Crippen LogP contribution in [0.15, 0.2) is 36.5 Å². The largest absolute Gasteiger partial charge is 0.466 e. The molecule has 1 N–H and O–H groups in total. The van der Waals surface area contributed by atoms with Crippen LogP contribution in [0.2, 0.25) is 0 Å². The van der Waals surface area contributed by atoms with Crippen molar-refractivity contribution in [1.29, 1.82) is 0 Å². The van der Waals surface area contributed by atoms with E-state index in [0.717, 1.165) is 18.5 Å². The highest BCUT2D eigenvalue weighted by molar-refractivity contribution is 7.71. The van der Waals surface area contributed by atoms with Gasteiger partial charge in [-0.2, -0.15) is 0 Å². The number of ether oxygens (including phenoxy) is 1. The van der Waals surface area contributed by atoms with Gasteiger partial charge in [0.2, 0.25) is 0 Å². The molecule has 1 aromatic heterocycles. The van der Waals surface area contributed by atoms with Gasteiger partial charge in [-0.1, -0.05) is 18.2 Å². The molecule has 1 aromatic carbocycles. The zero-order valence-electron chi connectivity index (χ0n) is 14.1. The Morgan fingerprint density at radius 3 is 2.80 bits per heavy atom. The quantitative estimate of drug-likeness (QED) is 0.673. The van der Waals surface area contributed by atoms with Crippen molar-refractivity contribution in [1.82, 2.24) is 14.5 Å². The summed E-state index contributed by atoms with van der Waals surface area (Å²) in [6.07, 6.45) is 3.16. The molecule has 2 aromatic rings. The first-order valence-corrected chi connectivity index (χ1v) is 8.84. The second-order valence-electron chi connectivity index (χ2n) is 5.99. The van der Waals surface area contributed by atoms with E-state index in [0.29, 0.717) is 30.2 Å². The lowest BCUT2D eigenvalue weighted by Gasteiger charge is -2.31. The summed E-state index contributed by atoms with van der Waals surface area (Å²) in [6, 6.07) is 9.51. The van der Waals surface area contributed by atoms with Gasteiger partial charge < -0.3 is 14.6 Å². The molecule has 2 heterocycles. The Balaban J connectivity index is 1.84. The molecule has 3 rings (SSSR count). The molecule has 1 amide bonds. The number of nitrogens with one attached hydrogen (secondary N) is 1. The molecule has 1 atom stereocenters. The fraction of sp³-hybridized carbons (Fsp3) is 0.389. The van der Waals surface area contributed by atoms with Gasteiger partial charge in [-0.25, -0.2) is 0 Å². The highest BCUT2D eigenvalue weighted by Crippen LogP contribution is 2.21. The first-order chi connectivity index (χ1) is 12.1. The van der Waals surface area contributed by atoms with E-state index in [1.54, 1.807) is 22.6 Å². The van der Waals surface area contributed by atoms with Crippen LogP contribution in [0.4, 0.5) is 0 Å². The van der Waals surface area contributed by atoms with Crippen LogP contribution in [-0.4, -0.2) is 46.0 Å². The number of likely N-dealkylation sites (tertiary alicyclic amines) is 1. The lowest BCUT2D eigenvalue weighted by atomic mass is 9.98. The summed E-state index contributed by atoms with van der Waals surface area (Å²) in [7, 11) is 0. The average molecular weight is 359 g/mol. The summed E-state index contributed by atoms with van der Waals surface area (Å²) >= 11 is 5.34. The van der Waals surface area contributed by atoms with Crippen LogP contribution in [0.1, 0.15) is 30.3 Å². The highest BCUT2D eigenvalue weighted by Gasteiger charge is 2.31. The number of H-pyrrole nitrogens is 1. The van der Waals surface area contributed by atoms with Crippen LogP contribution in [-0.2, 0) is 9.53 Å². The molecular formula is C18H21N3O3S. The second kappa shape index (κ2) is 7.65. The number of hydrogen-bond donors (Lipinski definition) is 1. The lowest BCUT2D eigenvalue weighted by Crippen LogP contribution is -2.43. The number of esters is 1. The Kier molecular flexibility index (Phi) is 5.33. The summed E-state index contributed by atoms with van der Waals surface area (Å²) in [4.78, 5) is 29.7. The van der Waals surface area contributed by atoms with Crippen molar-refractivity contribution in [3.05, 3.63) is 47.0 Å². The predicted molar refractivity (Wildman–Crippen MR) is 96.2 cm³/mol. The lowest BCUT2D eigenvalue weighted by molar-refractivity contribution is -0.149. The first-order valence-electron chi connectivity index (χ1n) is 8.43. The van der Waals surface area contributed by atoms with E-state index >= 15 is 0 Å². The molecule has 7 heteroatoms. The van der Waals surface area contributed by atoms with Crippen molar-refractivity contribution >= 4 is 24.1 Å². The maximum absolute atomic E-state index is 13.0. The van der Waals surface area contributed by atoms with Gasteiger partial charge in [-0.15, -0.1) is 0 Å². The predicted octanol–water partition coefficient (Wildman–Crippen LogP) is 2.95. The molecule has 132 valence electrons. The van der Waals surface area contributed by atoms with Gasteiger partial charge in [0.1, 0.15) is 5.69 Å². The number of aromatic nitrogens is 2. The van der Waals surface area contributed by atoms with Gasteiger partial charge >= 0.3 is 5.97 Å². The van der Waals surface area contributed by atoms with Crippen LogP contribution < -0.4 is 0 Å². The summed E-state index contributed by atoms with van der Waals surface area (Å²) in [5.41, 5.74) is 1.30. The molecule has 0 aliphatic carbocycles. The van der Waals surface area contributed by atoms with Crippen molar-refractivity contribution in [2.24, 2.45) is 5.92 Å². The van der Waals surface area contributed by atoms with Crippen molar-refractivity contribution in [2.75, 3.05) is 19.7 Å². The number of imidazole rings is 1. The minimum atomic E-state index is -0.260.